The van der Waals surface area contributed by atoms with Gasteiger partial charge in [-0.3, -0.25) is 4.79 Å². The number of rotatable bonds is 6. The molecule has 2 aromatic rings. The summed E-state index contributed by atoms with van der Waals surface area (Å²) in [6.45, 7) is 9.51. The Balaban J connectivity index is 2.21. The van der Waals surface area contributed by atoms with E-state index in [1.54, 1.807) is 6.92 Å². The molecule has 1 atom stereocenters. The first-order valence-electron chi connectivity index (χ1n) is 8.25. The SMILES string of the molecule is C=CC[C@H]1CN(CCCC)c2cc(C(C)=O)cc3nc(N)n1c23. The van der Waals surface area contributed by atoms with Gasteiger partial charge in [0.05, 0.1) is 22.8 Å². The van der Waals surface area contributed by atoms with Crippen molar-refractivity contribution in [1.29, 1.82) is 0 Å². The topological polar surface area (TPSA) is 64.2 Å². The molecule has 5 heteroatoms. The van der Waals surface area contributed by atoms with Gasteiger partial charge in [0, 0.05) is 18.7 Å². The van der Waals surface area contributed by atoms with Crippen LogP contribution in [0.4, 0.5) is 11.6 Å². The first kappa shape index (κ1) is 15.6. The second-order valence-corrected chi connectivity index (χ2v) is 6.24. The van der Waals surface area contributed by atoms with Crippen LogP contribution < -0.4 is 10.6 Å². The molecule has 1 aliphatic heterocycles. The molecule has 0 radical (unpaired) electrons. The minimum Gasteiger partial charge on any atom is -0.369 e. The van der Waals surface area contributed by atoms with E-state index >= 15 is 0 Å². The average molecular weight is 312 g/mol. The second kappa shape index (κ2) is 6.07. The van der Waals surface area contributed by atoms with Crippen LogP contribution in [0.2, 0.25) is 0 Å². The Morgan fingerprint density at radius 3 is 2.96 bits per heavy atom. The number of ketones is 1. The summed E-state index contributed by atoms with van der Waals surface area (Å²) in [6.07, 6.45) is 5.05. The molecule has 0 saturated heterocycles. The monoisotopic (exact) mass is 312 g/mol. The molecule has 1 aromatic carbocycles. The van der Waals surface area contributed by atoms with Crippen LogP contribution >= 0.6 is 0 Å². The number of hydrogen-bond donors (Lipinski definition) is 1. The fraction of sp³-hybridized carbons (Fsp3) is 0.444. The third-order valence-corrected chi connectivity index (χ3v) is 4.56. The minimum atomic E-state index is 0.0555. The smallest absolute Gasteiger partial charge is 0.201 e. The van der Waals surface area contributed by atoms with E-state index in [4.69, 9.17) is 5.73 Å². The van der Waals surface area contributed by atoms with Gasteiger partial charge in [0.2, 0.25) is 5.95 Å². The van der Waals surface area contributed by atoms with E-state index in [9.17, 15) is 4.79 Å². The maximum atomic E-state index is 11.9. The van der Waals surface area contributed by atoms with Crippen LogP contribution in [-0.4, -0.2) is 28.4 Å². The Bertz CT molecular complexity index is 762. The molecule has 1 aliphatic rings. The lowest BCUT2D eigenvalue weighted by atomic mass is 10.0. The standard InChI is InChI=1S/C18H24N4O/c1-4-6-8-21-11-14(7-5-2)22-17-15(20-18(22)19)9-13(12(3)23)10-16(17)21/h5,9-10,14H,2,4,6-8,11H2,1,3H3,(H2,19,20)/t14-/m0/s1. The molecule has 0 aliphatic carbocycles. The lowest BCUT2D eigenvalue weighted by Crippen LogP contribution is -2.36. The molecule has 0 bridgehead atoms. The van der Waals surface area contributed by atoms with Crippen LogP contribution in [0.5, 0.6) is 0 Å². The first-order valence-corrected chi connectivity index (χ1v) is 8.25. The molecule has 23 heavy (non-hydrogen) atoms. The molecule has 0 unspecified atom stereocenters. The van der Waals surface area contributed by atoms with Crippen molar-refractivity contribution in [1.82, 2.24) is 9.55 Å². The zero-order valence-corrected chi connectivity index (χ0v) is 13.9. The van der Waals surface area contributed by atoms with E-state index in [1.165, 1.54) is 0 Å². The van der Waals surface area contributed by atoms with E-state index in [0.717, 1.165) is 49.1 Å². The average Bonchev–Trinajstić information content (AvgIpc) is 2.85. The van der Waals surface area contributed by atoms with Gasteiger partial charge in [0.25, 0.3) is 0 Å². The molecule has 3 rings (SSSR count). The zero-order valence-electron chi connectivity index (χ0n) is 13.9. The Morgan fingerprint density at radius 2 is 2.30 bits per heavy atom. The highest BCUT2D eigenvalue weighted by Crippen LogP contribution is 2.39. The number of allylic oxidation sites excluding steroid dienone is 1. The van der Waals surface area contributed by atoms with Gasteiger partial charge in [0.15, 0.2) is 5.78 Å². The number of aromatic nitrogens is 2. The largest absolute Gasteiger partial charge is 0.369 e. The van der Waals surface area contributed by atoms with Gasteiger partial charge in [-0.15, -0.1) is 6.58 Å². The lowest BCUT2D eigenvalue weighted by molar-refractivity contribution is 0.101. The Labute approximate surface area is 136 Å². The van der Waals surface area contributed by atoms with Gasteiger partial charge in [-0.2, -0.15) is 0 Å². The van der Waals surface area contributed by atoms with Crippen molar-refractivity contribution in [3.8, 4) is 0 Å². The van der Waals surface area contributed by atoms with Crippen molar-refractivity contribution in [2.75, 3.05) is 23.7 Å². The fourth-order valence-electron chi connectivity index (χ4n) is 3.41. The number of Topliss-reactive ketones (excluding diaryl/α,β-unsaturated/α-hetero) is 1. The predicted molar refractivity (Wildman–Crippen MR) is 95.1 cm³/mol. The number of nitrogens with two attached hydrogens (primary N) is 1. The maximum absolute atomic E-state index is 11.9. The molecule has 5 nitrogen and oxygen atoms in total. The zero-order chi connectivity index (χ0) is 16.6. The number of benzene rings is 1. The number of unbranched alkanes of at least 4 members (excludes halogenated alkanes) is 1. The van der Waals surface area contributed by atoms with Gasteiger partial charge in [0.1, 0.15) is 0 Å². The molecular formula is C18H24N4O. The van der Waals surface area contributed by atoms with E-state index in [-0.39, 0.29) is 11.8 Å². The highest BCUT2D eigenvalue weighted by molar-refractivity contribution is 6.02. The summed E-state index contributed by atoms with van der Waals surface area (Å²) in [5.74, 6) is 0.573. The van der Waals surface area contributed by atoms with Crippen LogP contribution in [0.1, 0.15) is 49.5 Å². The molecule has 0 amide bonds. The quantitative estimate of drug-likeness (QED) is 0.654. The number of nitrogens with zero attached hydrogens (tertiary/aromatic N) is 3. The molecule has 2 N–H and O–H groups in total. The number of hydrogen-bond acceptors (Lipinski definition) is 4. The summed E-state index contributed by atoms with van der Waals surface area (Å²) in [5, 5.41) is 0. The van der Waals surface area contributed by atoms with Crippen LogP contribution in [-0.2, 0) is 0 Å². The molecule has 0 spiro atoms. The van der Waals surface area contributed by atoms with E-state index < -0.39 is 0 Å². The van der Waals surface area contributed by atoms with Gasteiger partial charge >= 0.3 is 0 Å². The van der Waals surface area contributed by atoms with E-state index in [2.05, 4.69) is 28.0 Å². The third kappa shape index (κ3) is 2.60. The molecule has 1 aromatic heterocycles. The van der Waals surface area contributed by atoms with Gasteiger partial charge in [-0.1, -0.05) is 19.4 Å². The predicted octanol–water partition coefficient (Wildman–Crippen LogP) is 3.56. The summed E-state index contributed by atoms with van der Waals surface area (Å²) >= 11 is 0. The summed E-state index contributed by atoms with van der Waals surface area (Å²) in [5.41, 5.74) is 9.79. The van der Waals surface area contributed by atoms with E-state index in [1.807, 2.05) is 18.2 Å². The number of carbonyl (C=O) groups excluding carboxylic acids is 1. The molecule has 0 fully saturated rings. The van der Waals surface area contributed by atoms with Gasteiger partial charge in [-0.05, 0) is 31.9 Å². The van der Waals surface area contributed by atoms with Crippen LogP contribution in [0.3, 0.4) is 0 Å². The highest BCUT2D eigenvalue weighted by Gasteiger charge is 2.29. The molecule has 0 saturated carbocycles. The van der Waals surface area contributed by atoms with Crippen LogP contribution in [0, 0.1) is 0 Å². The molecule has 122 valence electrons. The maximum Gasteiger partial charge on any atom is 0.201 e. The molecule has 2 heterocycles. The summed E-state index contributed by atoms with van der Waals surface area (Å²) in [7, 11) is 0. The van der Waals surface area contributed by atoms with E-state index in [0.29, 0.717) is 11.5 Å². The van der Waals surface area contributed by atoms with Crippen molar-refractivity contribution in [3.05, 3.63) is 30.4 Å². The van der Waals surface area contributed by atoms with Crippen LogP contribution in [0.25, 0.3) is 11.0 Å². The van der Waals surface area contributed by atoms with Crippen molar-refractivity contribution >= 4 is 28.5 Å². The second-order valence-electron chi connectivity index (χ2n) is 6.24. The van der Waals surface area contributed by atoms with Crippen molar-refractivity contribution in [2.45, 2.75) is 39.2 Å². The van der Waals surface area contributed by atoms with Crippen molar-refractivity contribution in [3.63, 3.8) is 0 Å². The number of carbonyl (C=O) groups is 1. The summed E-state index contributed by atoms with van der Waals surface area (Å²) < 4.78 is 2.11. The Morgan fingerprint density at radius 1 is 1.52 bits per heavy atom. The van der Waals surface area contributed by atoms with Crippen molar-refractivity contribution < 1.29 is 4.79 Å². The number of nitrogen functional groups attached to an aromatic ring is 1. The van der Waals surface area contributed by atoms with Crippen molar-refractivity contribution in [2.24, 2.45) is 0 Å². The third-order valence-electron chi connectivity index (χ3n) is 4.56. The number of anilines is 2. The fourth-order valence-corrected chi connectivity index (χ4v) is 3.41. The summed E-state index contributed by atoms with van der Waals surface area (Å²) in [6, 6.07) is 4.08. The van der Waals surface area contributed by atoms with Crippen LogP contribution in [0.15, 0.2) is 24.8 Å². The highest BCUT2D eigenvalue weighted by atomic mass is 16.1. The minimum absolute atomic E-state index is 0.0555. The Hall–Kier alpha value is -2.30. The Kier molecular flexibility index (Phi) is 4.11. The first-order chi connectivity index (χ1) is 11.1. The molecular weight excluding hydrogens is 288 g/mol. The van der Waals surface area contributed by atoms with Gasteiger partial charge < -0.3 is 15.2 Å². The van der Waals surface area contributed by atoms with Gasteiger partial charge in [-0.25, -0.2) is 4.98 Å². The lowest BCUT2D eigenvalue weighted by Gasteiger charge is -2.36. The number of imidazole rings is 1. The summed E-state index contributed by atoms with van der Waals surface area (Å²) in [4.78, 5) is 18.7. The normalized spacial score (nSPS) is 16.8.